The van der Waals surface area contributed by atoms with Crippen LogP contribution in [0.15, 0.2) is 176 Å². The van der Waals surface area contributed by atoms with Crippen LogP contribution in [0, 0.1) is 0 Å². The maximum atomic E-state index is 2.44. The number of rotatable bonds is 7. The fraction of sp³-hybridized carbons (Fsp3) is 0.284. The number of hydrogen-bond acceptors (Lipinski definition) is 1. The molecule has 8 aromatic rings. The van der Waals surface area contributed by atoms with Gasteiger partial charge in [-0.05, 0) is 159 Å². The molecule has 0 atom stereocenters. The van der Waals surface area contributed by atoms with Gasteiger partial charge in [0.15, 0.2) is 0 Å². The van der Waals surface area contributed by atoms with Gasteiger partial charge in [-0.15, -0.1) is 0 Å². The van der Waals surface area contributed by atoms with Crippen LogP contribution < -0.4 is 4.90 Å². The first-order chi connectivity index (χ1) is 31.9. The summed E-state index contributed by atoms with van der Waals surface area (Å²) in [5.74, 6) is 0. The Morgan fingerprint density at radius 1 is 0.279 bits per heavy atom. The summed E-state index contributed by atoms with van der Waals surface area (Å²) < 4.78 is 0. The molecule has 0 N–H and O–H groups in total. The van der Waals surface area contributed by atoms with Crippen molar-refractivity contribution < 1.29 is 0 Å². The topological polar surface area (TPSA) is 3.24 Å². The van der Waals surface area contributed by atoms with Crippen molar-refractivity contribution in [1.29, 1.82) is 0 Å². The Labute approximate surface area is 409 Å². The van der Waals surface area contributed by atoms with Crippen molar-refractivity contribution in [2.75, 3.05) is 4.90 Å². The molecule has 0 unspecified atom stereocenters. The van der Waals surface area contributed by atoms with Gasteiger partial charge in [0, 0.05) is 22.5 Å². The zero-order valence-electron chi connectivity index (χ0n) is 43.2. The van der Waals surface area contributed by atoms with Gasteiger partial charge in [-0.2, -0.15) is 0 Å². The van der Waals surface area contributed by atoms with Crippen molar-refractivity contribution in [2.24, 2.45) is 0 Å². The predicted molar refractivity (Wildman–Crippen MR) is 295 cm³/mol. The molecule has 9 rings (SSSR count). The summed E-state index contributed by atoms with van der Waals surface area (Å²) in [5, 5.41) is 0. The second-order valence-electron chi connectivity index (χ2n) is 24.1. The number of anilines is 3. The van der Waals surface area contributed by atoms with Crippen LogP contribution in [0.3, 0.4) is 0 Å². The molecular formula is C67H71N. The van der Waals surface area contributed by atoms with E-state index in [9.17, 15) is 0 Å². The van der Waals surface area contributed by atoms with E-state index in [2.05, 4.69) is 278 Å². The van der Waals surface area contributed by atoms with Crippen LogP contribution in [0.1, 0.15) is 130 Å². The highest BCUT2D eigenvalue weighted by molar-refractivity contribution is 5.87. The summed E-state index contributed by atoms with van der Waals surface area (Å²) in [4.78, 5) is 2.42. The van der Waals surface area contributed by atoms with Gasteiger partial charge in [0.05, 0.1) is 0 Å². The summed E-state index contributed by atoms with van der Waals surface area (Å²) >= 11 is 0. The smallest absolute Gasteiger partial charge is 0.0465 e. The average Bonchev–Trinajstić information content (AvgIpc) is 3.53. The fourth-order valence-electron chi connectivity index (χ4n) is 9.96. The number of nitrogens with zero attached hydrogens (tertiary/aromatic N) is 1. The number of fused-ring (bicyclic) bond motifs is 3. The fourth-order valence-corrected chi connectivity index (χ4v) is 9.96. The lowest BCUT2D eigenvalue weighted by Gasteiger charge is -2.28. The van der Waals surface area contributed by atoms with Crippen molar-refractivity contribution in [2.45, 2.75) is 124 Å². The molecule has 0 bridgehead atoms. The molecule has 1 aliphatic carbocycles. The molecule has 68 heavy (non-hydrogen) atoms. The van der Waals surface area contributed by atoms with E-state index >= 15 is 0 Å². The van der Waals surface area contributed by atoms with Crippen molar-refractivity contribution in [3.05, 3.63) is 209 Å². The van der Waals surface area contributed by atoms with Gasteiger partial charge in [0.1, 0.15) is 0 Å². The third kappa shape index (κ3) is 9.13. The highest BCUT2D eigenvalue weighted by Gasteiger charge is 2.36. The average molecular weight is 890 g/mol. The van der Waals surface area contributed by atoms with E-state index in [0.717, 1.165) is 17.1 Å². The Kier molecular flexibility index (Phi) is 11.6. The van der Waals surface area contributed by atoms with E-state index in [1.54, 1.807) is 0 Å². The molecular weight excluding hydrogens is 819 g/mol. The van der Waals surface area contributed by atoms with Gasteiger partial charge in [-0.1, -0.05) is 224 Å². The summed E-state index contributed by atoms with van der Waals surface area (Å²) in [7, 11) is 0. The minimum atomic E-state index is -0.108. The molecule has 0 spiro atoms. The van der Waals surface area contributed by atoms with E-state index in [4.69, 9.17) is 0 Å². The van der Waals surface area contributed by atoms with Gasteiger partial charge in [-0.3, -0.25) is 0 Å². The van der Waals surface area contributed by atoms with Crippen molar-refractivity contribution >= 4 is 17.1 Å². The molecule has 1 heteroatoms. The summed E-state index contributed by atoms with van der Waals surface area (Å²) in [5.41, 5.74) is 24.0. The molecule has 0 aromatic heterocycles. The van der Waals surface area contributed by atoms with E-state index in [1.807, 2.05) is 0 Å². The molecule has 0 fully saturated rings. The van der Waals surface area contributed by atoms with Gasteiger partial charge in [0.2, 0.25) is 0 Å². The van der Waals surface area contributed by atoms with Crippen molar-refractivity contribution in [3.63, 3.8) is 0 Å². The van der Waals surface area contributed by atoms with Crippen LogP contribution >= 0.6 is 0 Å². The minimum absolute atomic E-state index is 0.0284. The van der Waals surface area contributed by atoms with Gasteiger partial charge < -0.3 is 4.90 Å². The Hall–Kier alpha value is -6.44. The van der Waals surface area contributed by atoms with E-state index < -0.39 is 0 Å². The molecule has 0 heterocycles. The molecule has 8 aromatic carbocycles. The molecule has 1 aliphatic rings. The van der Waals surface area contributed by atoms with Gasteiger partial charge in [-0.25, -0.2) is 0 Å². The van der Waals surface area contributed by atoms with E-state index in [1.165, 1.54) is 89.0 Å². The number of benzene rings is 8. The summed E-state index contributed by atoms with van der Waals surface area (Å²) in [6.07, 6.45) is 0. The van der Waals surface area contributed by atoms with Crippen LogP contribution in [0.25, 0.3) is 55.6 Å². The third-order valence-corrected chi connectivity index (χ3v) is 14.4. The lowest BCUT2D eigenvalue weighted by Crippen LogP contribution is -2.16. The Morgan fingerprint density at radius 2 is 0.618 bits per heavy atom. The maximum absolute atomic E-state index is 2.44. The molecule has 1 nitrogen and oxygen atoms in total. The first-order valence-electron chi connectivity index (χ1n) is 24.7. The van der Waals surface area contributed by atoms with Crippen molar-refractivity contribution in [3.8, 4) is 55.6 Å². The Balaban J connectivity index is 1.16. The predicted octanol–water partition coefficient (Wildman–Crippen LogP) is 19.3. The molecule has 0 aliphatic heterocycles. The van der Waals surface area contributed by atoms with Gasteiger partial charge >= 0.3 is 0 Å². The second kappa shape index (κ2) is 17.0. The lowest BCUT2D eigenvalue weighted by atomic mass is 9.77. The second-order valence-corrected chi connectivity index (χ2v) is 24.1. The minimum Gasteiger partial charge on any atom is -0.310 e. The molecule has 0 saturated heterocycles. The maximum Gasteiger partial charge on any atom is 0.0465 e. The zero-order chi connectivity index (χ0) is 48.6. The normalized spacial score (nSPS) is 13.6. The van der Waals surface area contributed by atoms with Crippen LogP contribution in [0.2, 0.25) is 0 Å². The van der Waals surface area contributed by atoms with E-state index in [-0.39, 0.29) is 27.1 Å². The quantitative estimate of drug-likeness (QED) is 0.154. The van der Waals surface area contributed by atoms with Crippen LogP contribution in [0.4, 0.5) is 17.1 Å². The van der Waals surface area contributed by atoms with Crippen LogP contribution in [-0.4, -0.2) is 0 Å². The molecule has 0 radical (unpaired) electrons. The zero-order valence-corrected chi connectivity index (χ0v) is 43.2. The standard InChI is InChI=1S/C67H71N/c1-63(2,3)52-36-47(34-48(37-52)49-35-50(39-53(38-49)64(4,5)6)51-40-54(65(7,8)9)42-55(41-51)66(10,11)12)46-26-30-57(31-27-46)68(56-28-24-45(25-29-56)44-20-16-15-17-21-44)58-32-33-60-59-22-18-19-23-61(59)67(13,14)62(60)43-58/h15-43H,1-14H3. The first kappa shape index (κ1) is 46.7. The largest absolute Gasteiger partial charge is 0.310 e. The summed E-state index contributed by atoms with van der Waals surface area (Å²) in [6.45, 7) is 32.7. The van der Waals surface area contributed by atoms with Gasteiger partial charge in [0.25, 0.3) is 0 Å². The Bertz CT molecular complexity index is 3100. The highest BCUT2D eigenvalue weighted by atomic mass is 15.1. The molecule has 344 valence electrons. The molecule has 0 saturated carbocycles. The van der Waals surface area contributed by atoms with Crippen LogP contribution in [-0.2, 0) is 27.1 Å². The van der Waals surface area contributed by atoms with Crippen LogP contribution in [0.5, 0.6) is 0 Å². The first-order valence-corrected chi connectivity index (χ1v) is 24.7. The monoisotopic (exact) mass is 890 g/mol. The SMILES string of the molecule is CC(C)(C)c1cc(-c2ccc(N(c3ccc(-c4ccccc4)cc3)c3ccc4c(c3)C(C)(C)c3ccccc3-4)cc2)cc(-c2cc(-c3cc(C(C)(C)C)cc(C(C)(C)C)c3)cc(C(C)(C)C)c2)c1. The number of hydrogen-bond donors (Lipinski definition) is 0. The highest BCUT2D eigenvalue weighted by Crippen LogP contribution is 2.51. The molecule has 0 amide bonds. The van der Waals surface area contributed by atoms with E-state index in [0.29, 0.717) is 0 Å². The third-order valence-electron chi connectivity index (χ3n) is 14.4. The Morgan fingerprint density at radius 3 is 1.07 bits per heavy atom. The van der Waals surface area contributed by atoms with Crippen molar-refractivity contribution in [1.82, 2.24) is 0 Å². The summed E-state index contributed by atoms with van der Waals surface area (Å²) in [6, 6.07) is 66.8. The lowest BCUT2D eigenvalue weighted by molar-refractivity contribution is 0.569.